The highest BCUT2D eigenvalue weighted by molar-refractivity contribution is 5.92. The maximum atomic E-state index is 12.3. The van der Waals surface area contributed by atoms with Gasteiger partial charge in [-0.25, -0.2) is 4.79 Å². The Bertz CT molecular complexity index is 1350. The molecule has 4 aromatic carbocycles. The molecule has 0 radical (unpaired) electrons. The molecule has 0 aliphatic heterocycles. The van der Waals surface area contributed by atoms with E-state index in [1.54, 1.807) is 6.07 Å². The number of aromatic hydroxyl groups is 1. The van der Waals surface area contributed by atoms with Gasteiger partial charge in [0.05, 0.1) is 0 Å². The lowest BCUT2D eigenvalue weighted by atomic mass is 9.98. The molecule has 4 heteroatoms. The molecule has 0 saturated carbocycles. The van der Waals surface area contributed by atoms with Crippen molar-refractivity contribution in [3.8, 4) is 28.7 Å². The fraction of sp³-hybridized carbons (Fsp3) is 0.138. The number of ether oxygens (including phenoxy) is 1. The van der Waals surface area contributed by atoms with Crippen molar-refractivity contribution in [3.63, 3.8) is 0 Å². The first-order valence-corrected chi connectivity index (χ1v) is 11.0. The highest BCUT2D eigenvalue weighted by atomic mass is 16.5. The summed E-state index contributed by atoms with van der Waals surface area (Å²) in [6.07, 6.45) is 0.0631. The van der Waals surface area contributed by atoms with E-state index in [0.29, 0.717) is 19.6 Å². The Kier molecular flexibility index (Phi) is 5.70. The Labute approximate surface area is 192 Å². The number of alkyl carbamates (subject to hydrolysis) is 1. The van der Waals surface area contributed by atoms with Gasteiger partial charge in [0.15, 0.2) is 0 Å². The zero-order valence-corrected chi connectivity index (χ0v) is 18.0. The van der Waals surface area contributed by atoms with E-state index in [9.17, 15) is 9.90 Å². The summed E-state index contributed by atoms with van der Waals surface area (Å²) in [4.78, 5) is 12.3. The predicted molar refractivity (Wildman–Crippen MR) is 130 cm³/mol. The monoisotopic (exact) mass is 433 g/mol. The molecule has 0 unspecified atom stereocenters. The van der Waals surface area contributed by atoms with Gasteiger partial charge < -0.3 is 15.2 Å². The van der Waals surface area contributed by atoms with Gasteiger partial charge in [0.25, 0.3) is 0 Å². The summed E-state index contributed by atoms with van der Waals surface area (Å²) >= 11 is 0. The first-order valence-electron chi connectivity index (χ1n) is 11.0. The van der Waals surface area contributed by atoms with Crippen LogP contribution in [-0.4, -0.2) is 24.4 Å². The average Bonchev–Trinajstić information content (AvgIpc) is 3.18. The molecule has 0 bridgehead atoms. The summed E-state index contributed by atoms with van der Waals surface area (Å²) < 4.78 is 5.55. The largest absolute Gasteiger partial charge is 0.507 e. The van der Waals surface area contributed by atoms with E-state index in [-0.39, 0.29) is 11.7 Å². The summed E-state index contributed by atoms with van der Waals surface area (Å²) in [5.74, 6) is 6.51. The summed E-state index contributed by atoms with van der Waals surface area (Å²) in [6, 6.07) is 27.6. The van der Waals surface area contributed by atoms with Crippen molar-refractivity contribution in [1.82, 2.24) is 5.32 Å². The molecule has 4 aromatic rings. The number of benzene rings is 4. The molecule has 0 atom stereocenters. The van der Waals surface area contributed by atoms with Crippen LogP contribution in [-0.2, 0) is 4.74 Å². The van der Waals surface area contributed by atoms with Crippen molar-refractivity contribution >= 4 is 16.9 Å². The first kappa shape index (κ1) is 20.7. The van der Waals surface area contributed by atoms with Crippen molar-refractivity contribution in [2.24, 2.45) is 0 Å². The number of hydrogen-bond donors (Lipinski definition) is 2. The Morgan fingerprint density at radius 1 is 0.848 bits per heavy atom. The summed E-state index contributed by atoms with van der Waals surface area (Å²) in [6.45, 7) is 0.699. The van der Waals surface area contributed by atoms with Crippen LogP contribution in [0.2, 0.25) is 0 Å². The van der Waals surface area contributed by atoms with Crippen LogP contribution >= 0.6 is 0 Å². The SMILES string of the molecule is O=C(NCCC#Cc1ccc(O)c2ccccc12)OCC1c2ccccc2-c2ccccc21. The van der Waals surface area contributed by atoms with E-state index in [1.807, 2.05) is 54.6 Å². The first-order chi connectivity index (χ1) is 16.2. The van der Waals surface area contributed by atoms with Crippen LogP contribution in [0.1, 0.15) is 29.0 Å². The summed E-state index contributed by atoms with van der Waals surface area (Å²) in [5, 5.41) is 14.5. The van der Waals surface area contributed by atoms with Crippen molar-refractivity contribution in [3.05, 3.63) is 102 Å². The molecule has 0 spiro atoms. The molecule has 4 nitrogen and oxygen atoms in total. The minimum Gasteiger partial charge on any atom is -0.507 e. The van der Waals surface area contributed by atoms with Crippen molar-refractivity contribution in [2.75, 3.05) is 13.2 Å². The zero-order valence-electron chi connectivity index (χ0n) is 18.0. The van der Waals surface area contributed by atoms with Crippen LogP contribution in [0, 0.1) is 11.8 Å². The lowest BCUT2D eigenvalue weighted by molar-refractivity contribution is 0.143. The molecule has 0 aromatic heterocycles. The standard InChI is InChI=1S/C29H23NO3/c31-28-17-16-20(21-10-1-6-15-26(21)28)9-7-8-18-30-29(32)33-19-27-24-13-4-2-11-22(24)23-12-3-5-14-25(23)27/h1-6,10-17,27,31H,8,18-19H2,(H,30,32). The van der Waals surface area contributed by atoms with Crippen LogP contribution in [0.25, 0.3) is 21.9 Å². The molecule has 1 amide bonds. The molecular formula is C29H23NO3. The third-order valence-electron chi connectivity index (χ3n) is 5.99. The number of fused-ring (bicyclic) bond motifs is 4. The molecule has 162 valence electrons. The van der Waals surface area contributed by atoms with E-state index in [4.69, 9.17) is 4.74 Å². The van der Waals surface area contributed by atoms with Crippen LogP contribution < -0.4 is 5.32 Å². The molecule has 0 fully saturated rings. The average molecular weight is 434 g/mol. The minimum atomic E-state index is -0.436. The molecule has 0 saturated heterocycles. The molecule has 33 heavy (non-hydrogen) atoms. The quantitative estimate of drug-likeness (QED) is 0.315. The second-order valence-electron chi connectivity index (χ2n) is 7.98. The Balaban J connectivity index is 1.16. The molecule has 1 aliphatic carbocycles. The van der Waals surface area contributed by atoms with Gasteiger partial charge in [0, 0.05) is 35.2 Å². The number of amides is 1. The van der Waals surface area contributed by atoms with Gasteiger partial charge in [-0.1, -0.05) is 84.6 Å². The van der Waals surface area contributed by atoms with E-state index in [1.165, 1.54) is 22.3 Å². The van der Waals surface area contributed by atoms with E-state index >= 15 is 0 Å². The third kappa shape index (κ3) is 4.14. The third-order valence-corrected chi connectivity index (χ3v) is 5.99. The summed E-state index contributed by atoms with van der Waals surface area (Å²) in [7, 11) is 0. The lowest BCUT2D eigenvalue weighted by Crippen LogP contribution is -2.26. The highest BCUT2D eigenvalue weighted by Gasteiger charge is 2.28. The van der Waals surface area contributed by atoms with E-state index < -0.39 is 6.09 Å². The molecular weight excluding hydrogens is 410 g/mol. The van der Waals surface area contributed by atoms with E-state index in [0.717, 1.165) is 16.3 Å². The maximum absolute atomic E-state index is 12.3. The van der Waals surface area contributed by atoms with Crippen LogP contribution in [0.15, 0.2) is 84.9 Å². The topological polar surface area (TPSA) is 58.6 Å². The van der Waals surface area contributed by atoms with Gasteiger partial charge in [0.2, 0.25) is 0 Å². The molecule has 1 aliphatic rings. The second kappa shape index (κ2) is 9.10. The summed E-state index contributed by atoms with van der Waals surface area (Å²) in [5.41, 5.74) is 5.65. The van der Waals surface area contributed by atoms with Crippen LogP contribution in [0.3, 0.4) is 0 Å². The number of hydrogen-bond acceptors (Lipinski definition) is 3. The minimum absolute atomic E-state index is 0.0470. The Morgan fingerprint density at radius 3 is 2.21 bits per heavy atom. The van der Waals surface area contributed by atoms with Gasteiger partial charge in [0.1, 0.15) is 12.4 Å². The van der Waals surface area contributed by atoms with E-state index in [2.05, 4.69) is 41.4 Å². The van der Waals surface area contributed by atoms with Gasteiger partial charge in [-0.3, -0.25) is 0 Å². The number of phenols is 1. The Hall–Kier alpha value is -4.23. The van der Waals surface area contributed by atoms with Gasteiger partial charge in [-0.05, 0) is 34.4 Å². The van der Waals surface area contributed by atoms with Crippen LogP contribution in [0.5, 0.6) is 5.75 Å². The van der Waals surface area contributed by atoms with Crippen molar-refractivity contribution in [2.45, 2.75) is 12.3 Å². The van der Waals surface area contributed by atoms with Crippen molar-refractivity contribution < 1.29 is 14.6 Å². The number of nitrogens with one attached hydrogen (secondary N) is 1. The lowest BCUT2D eigenvalue weighted by Gasteiger charge is -2.14. The molecule has 0 heterocycles. The fourth-order valence-electron chi connectivity index (χ4n) is 4.43. The number of rotatable bonds is 4. The molecule has 5 rings (SSSR count). The smallest absolute Gasteiger partial charge is 0.407 e. The zero-order chi connectivity index (χ0) is 22.6. The number of phenolic OH excluding ortho intramolecular Hbond substituents is 1. The number of carbonyl (C=O) groups is 1. The maximum Gasteiger partial charge on any atom is 0.407 e. The van der Waals surface area contributed by atoms with Gasteiger partial charge in [-0.2, -0.15) is 0 Å². The van der Waals surface area contributed by atoms with Crippen LogP contribution in [0.4, 0.5) is 4.79 Å². The Morgan fingerprint density at radius 2 is 1.48 bits per heavy atom. The van der Waals surface area contributed by atoms with Crippen molar-refractivity contribution in [1.29, 1.82) is 0 Å². The number of carbonyl (C=O) groups excluding carboxylic acids is 1. The fourth-order valence-corrected chi connectivity index (χ4v) is 4.43. The highest BCUT2D eigenvalue weighted by Crippen LogP contribution is 2.44. The van der Waals surface area contributed by atoms with Gasteiger partial charge in [-0.15, -0.1) is 0 Å². The second-order valence-corrected chi connectivity index (χ2v) is 7.98. The molecule has 2 N–H and O–H groups in total. The normalized spacial score (nSPS) is 11.9. The predicted octanol–water partition coefficient (Wildman–Crippen LogP) is 5.83. The van der Waals surface area contributed by atoms with Gasteiger partial charge >= 0.3 is 6.09 Å².